The van der Waals surface area contributed by atoms with Crippen LogP contribution in [0.3, 0.4) is 0 Å². The zero-order valence-corrected chi connectivity index (χ0v) is 8.66. The Morgan fingerprint density at radius 3 is 2.93 bits per heavy atom. The molecule has 0 saturated heterocycles. The molecule has 1 heterocycles. The van der Waals surface area contributed by atoms with E-state index >= 15 is 0 Å². The van der Waals surface area contributed by atoms with Crippen LogP contribution in [0.5, 0.6) is 0 Å². The second-order valence-corrected chi connectivity index (χ2v) is 4.56. The number of hydrogen-bond donors (Lipinski definition) is 2. The summed E-state index contributed by atoms with van der Waals surface area (Å²) in [4.78, 5) is 8.57. The number of nitrogens with one attached hydrogen (secondary N) is 1. The minimum Gasteiger partial charge on any atom is -0.394 e. The molecule has 1 aromatic rings. The molecule has 0 bridgehead atoms. The van der Waals surface area contributed by atoms with Crippen molar-refractivity contribution in [1.82, 2.24) is 9.97 Å². The summed E-state index contributed by atoms with van der Waals surface area (Å²) in [6.45, 7) is 0.200. The molecule has 3 rings (SSSR count). The first-order chi connectivity index (χ1) is 7.33. The monoisotopic (exact) mass is 205 g/mol. The van der Waals surface area contributed by atoms with Crippen LogP contribution in [0.25, 0.3) is 0 Å². The Bertz CT molecular complexity index is 387. The number of hydrogen-bond acceptors (Lipinski definition) is 4. The van der Waals surface area contributed by atoms with Gasteiger partial charge >= 0.3 is 0 Å². The molecular formula is C11H15N3O. The molecule has 1 saturated carbocycles. The normalized spacial score (nSPS) is 21.1. The first-order valence-corrected chi connectivity index (χ1v) is 5.55. The summed E-state index contributed by atoms with van der Waals surface area (Å²) in [6, 6.07) is 0. The van der Waals surface area contributed by atoms with Crippen LogP contribution in [-0.2, 0) is 12.8 Å². The lowest BCUT2D eigenvalue weighted by Crippen LogP contribution is -2.27. The number of aliphatic hydroxyl groups is 1. The molecule has 1 aromatic heterocycles. The summed E-state index contributed by atoms with van der Waals surface area (Å²) in [5.41, 5.74) is 2.36. The van der Waals surface area contributed by atoms with Crippen molar-refractivity contribution in [3.63, 3.8) is 0 Å². The standard InChI is InChI=1S/C11H15N3O/c15-6-11(4-5-11)14-10-8-2-1-3-9(8)12-7-13-10/h7,15H,1-6H2,(H,12,13,14). The molecule has 0 aliphatic heterocycles. The molecule has 15 heavy (non-hydrogen) atoms. The summed E-state index contributed by atoms with van der Waals surface area (Å²) < 4.78 is 0. The molecule has 2 aliphatic rings. The predicted octanol–water partition coefficient (Wildman–Crippen LogP) is 0.902. The van der Waals surface area contributed by atoms with E-state index in [4.69, 9.17) is 0 Å². The maximum absolute atomic E-state index is 9.26. The van der Waals surface area contributed by atoms with E-state index in [1.54, 1.807) is 6.33 Å². The van der Waals surface area contributed by atoms with Crippen molar-refractivity contribution >= 4 is 5.82 Å². The smallest absolute Gasteiger partial charge is 0.133 e. The van der Waals surface area contributed by atoms with Crippen molar-refractivity contribution in [2.75, 3.05) is 11.9 Å². The zero-order chi connectivity index (χ0) is 10.3. The van der Waals surface area contributed by atoms with Gasteiger partial charge in [-0.15, -0.1) is 0 Å². The van der Waals surface area contributed by atoms with Crippen LogP contribution in [0.4, 0.5) is 5.82 Å². The van der Waals surface area contributed by atoms with Crippen molar-refractivity contribution in [1.29, 1.82) is 0 Å². The molecule has 0 aromatic carbocycles. The highest BCUT2D eigenvalue weighted by Crippen LogP contribution is 2.39. The third-order valence-electron chi connectivity index (χ3n) is 3.41. The lowest BCUT2D eigenvalue weighted by atomic mass is 10.2. The van der Waals surface area contributed by atoms with Gasteiger partial charge in [0.15, 0.2) is 0 Å². The van der Waals surface area contributed by atoms with Crippen LogP contribution in [0, 0.1) is 0 Å². The topological polar surface area (TPSA) is 58.0 Å². The highest BCUT2D eigenvalue weighted by molar-refractivity contribution is 5.51. The van der Waals surface area contributed by atoms with Crippen molar-refractivity contribution in [3.8, 4) is 0 Å². The van der Waals surface area contributed by atoms with Crippen LogP contribution in [0.2, 0.25) is 0 Å². The zero-order valence-electron chi connectivity index (χ0n) is 8.66. The lowest BCUT2D eigenvalue weighted by Gasteiger charge is -2.16. The molecular weight excluding hydrogens is 190 g/mol. The van der Waals surface area contributed by atoms with Gasteiger partial charge in [0.1, 0.15) is 12.1 Å². The van der Waals surface area contributed by atoms with Gasteiger partial charge in [0.25, 0.3) is 0 Å². The van der Waals surface area contributed by atoms with Gasteiger partial charge in [-0.1, -0.05) is 0 Å². The summed E-state index contributed by atoms with van der Waals surface area (Å²) in [5.74, 6) is 0.948. The summed E-state index contributed by atoms with van der Waals surface area (Å²) in [5, 5.41) is 12.6. The van der Waals surface area contributed by atoms with E-state index < -0.39 is 0 Å². The minimum absolute atomic E-state index is 0.0787. The van der Waals surface area contributed by atoms with E-state index in [-0.39, 0.29) is 12.1 Å². The average Bonchev–Trinajstić information content (AvgIpc) is 2.87. The molecule has 4 heteroatoms. The van der Waals surface area contributed by atoms with Crippen LogP contribution >= 0.6 is 0 Å². The SMILES string of the molecule is OCC1(Nc2ncnc3c2CCC3)CC1. The highest BCUT2D eigenvalue weighted by Gasteiger charge is 2.43. The van der Waals surface area contributed by atoms with E-state index in [9.17, 15) is 5.11 Å². The summed E-state index contributed by atoms with van der Waals surface area (Å²) in [6.07, 6.45) is 7.03. The quantitative estimate of drug-likeness (QED) is 0.769. The Morgan fingerprint density at radius 2 is 2.20 bits per heavy atom. The molecule has 80 valence electrons. The second kappa shape index (κ2) is 3.17. The number of aromatic nitrogens is 2. The van der Waals surface area contributed by atoms with E-state index in [1.165, 1.54) is 17.7 Å². The van der Waals surface area contributed by atoms with Crippen LogP contribution in [0.15, 0.2) is 6.33 Å². The molecule has 2 N–H and O–H groups in total. The van der Waals surface area contributed by atoms with Crippen LogP contribution < -0.4 is 5.32 Å². The number of aliphatic hydroxyl groups excluding tert-OH is 1. The van der Waals surface area contributed by atoms with Crippen LogP contribution in [-0.4, -0.2) is 27.2 Å². The average molecular weight is 205 g/mol. The third-order valence-corrected chi connectivity index (χ3v) is 3.41. The molecule has 2 aliphatic carbocycles. The summed E-state index contributed by atoms with van der Waals surface area (Å²) in [7, 11) is 0. The number of aryl methyl sites for hydroxylation is 1. The highest BCUT2D eigenvalue weighted by atomic mass is 16.3. The third kappa shape index (κ3) is 1.49. The number of fused-ring (bicyclic) bond motifs is 1. The largest absolute Gasteiger partial charge is 0.394 e. The van der Waals surface area contributed by atoms with Gasteiger partial charge in [-0.25, -0.2) is 9.97 Å². The Morgan fingerprint density at radius 1 is 1.33 bits per heavy atom. The van der Waals surface area contributed by atoms with Crippen molar-refractivity contribution in [3.05, 3.63) is 17.6 Å². The first-order valence-electron chi connectivity index (χ1n) is 5.55. The maximum atomic E-state index is 9.26. The van der Waals surface area contributed by atoms with E-state index in [0.29, 0.717) is 0 Å². The van der Waals surface area contributed by atoms with Gasteiger partial charge in [-0.3, -0.25) is 0 Å². The predicted molar refractivity (Wildman–Crippen MR) is 56.7 cm³/mol. The lowest BCUT2D eigenvalue weighted by molar-refractivity contribution is 0.266. The van der Waals surface area contributed by atoms with E-state index in [2.05, 4.69) is 15.3 Å². The summed E-state index contributed by atoms with van der Waals surface area (Å²) >= 11 is 0. The van der Waals surface area contributed by atoms with Gasteiger partial charge in [0.05, 0.1) is 12.1 Å². The fraction of sp³-hybridized carbons (Fsp3) is 0.636. The molecule has 0 atom stereocenters. The fourth-order valence-corrected chi connectivity index (χ4v) is 2.19. The second-order valence-electron chi connectivity index (χ2n) is 4.56. The molecule has 0 radical (unpaired) electrons. The van der Waals surface area contributed by atoms with Gasteiger partial charge < -0.3 is 10.4 Å². The van der Waals surface area contributed by atoms with Crippen molar-refractivity contribution in [2.45, 2.75) is 37.6 Å². The molecule has 0 amide bonds. The van der Waals surface area contributed by atoms with Gasteiger partial charge in [0.2, 0.25) is 0 Å². The molecule has 0 unspecified atom stereocenters. The van der Waals surface area contributed by atoms with Crippen molar-refractivity contribution < 1.29 is 5.11 Å². The van der Waals surface area contributed by atoms with Gasteiger partial charge in [0, 0.05) is 11.3 Å². The number of nitrogens with zero attached hydrogens (tertiary/aromatic N) is 2. The van der Waals surface area contributed by atoms with Crippen LogP contribution in [0.1, 0.15) is 30.5 Å². The maximum Gasteiger partial charge on any atom is 0.133 e. The minimum atomic E-state index is -0.0787. The van der Waals surface area contributed by atoms with E-state index in [0.717, 1.165) is 31.5 Å². The Kier molecular flexibility index (Phi) is 1.92. The fourth-order valence-electron chi connectivity index (χ4n) is 2.19. The van der Waals surface area contributed by atoms with Gasteiger partial charge in [-0.05, 0) is 32.1 Å². The first kappa shape index (κ1) is 9.09. The molecule has 4 nitrogen and oxygen atoms in total. The van der Waals surface area contributed by atoms with Gasteiger partial charge in [-0.2, -0.15) is 0 Å². The number of rotatable bonds is 3. The number of anilines is 1. The Hall–Kier alpha value is -1.16. The molecule has 1 fully saturated rings. The Labute approximate surface area is 88.8 Å². The van der Waals surface area contributed by atoms with E-state index in [1.807, 2.05) is 0 Å². The molecule has 0 spiro atoms. The van der Waals surface area contributed by atoms with Crippen molar-refractivity contribution in [2.24, 2.45) is 0 Å². The Balaban J connectivity index is 1.89.